The average molecular weight is 368 g/mol. The highest BCUT2D eigenvalue weighted by molar-refractivity contribution is 6.01. The zero-order chi connectivity index (χ0) is 19.7. The maximum absolute atomic E-state index is 12.9. The van der Waals surface area contributed by atoms with E-state index in [0.717, 1.165) is 16.7 Å². The Labute approximate surface area is 156 Å². The van der Waals surface area contributed by atoms with Crippen molar-refractivity contribution >= 4 is 17.6 Å². The van der Waals surface area contributed by atoms with Gasteiger partial charge in [0.05, 0.1) is 12.0 Å². The highest BCUT2D eigenvalue weighted by Crippen LogP contribution is 2.32. The molecule has 0 saturated heterocycles. The molecule has 0 aromatic heterocycles. The van der Waals surface area contributed by atoms with Crippen molar-refractivity contribution in [3.05, 3.63) is 63.7 Å². The van der Waals surface area contributed by atoms with Crippen LogP contribution >= 0.6 is 0 Å². The predicted octanol–water partition coefficient (Wildman–Crippen LogP) is 3.42. The lowest BCUT2D eigenvalue weighted by Crippen LogP contribution is -2.45. The van der Waals surface area contributed by atoms with E-state index in [4.69, 9.17) is 4.74 Å². The van der Waals surface area contributed by atoms with Gasteiger partial charge in [0, 0.05) is 24.2 Å². The molecule has 2 aromatic rings. The molecule has 2 aromatic carbocycles. The van der Waals surface area contributed by atoms with Crippen LogP contribution in [-0.4, -0.2) is 34.9 Å². The number of methoxy groups -OCH3 is 1. The smallest absolute Gasteiger partial charge is 0.328 e. The number of ether oxygens (including phenoxy) is 1. The van der Waals surface area contributed by atoms with Gasteiger partial charge in [-0.15, -0.1) is 0 Å². The van der Waals surface area contributed by atoms with Crippen LogP contribution in [0.25, 0.3) is 11.1 Å². The second kappa shape index (κ2) is 7.19. The summed E-state index contributed by atoms with van der Waals surface area (Å²) in [4.78, 5) is 36.9. The fourth-order valence-electron chi connectivity index (χ4n) is 3.38. The van der Waals surface area contributed by atoms with Crippen molar-refractivity contribution in [2.75, 3.05) is 7.11 Å². The molecule has 1 unspecified atom stereocenters. The standard InChI is InChI=1S/C20H20N2O5/c1-12(2)18(20(24)27-3)21-11-15-5-4-14(10-17(15)19(21)23)13-6-8-16(9-7-13)22(25)26/h4-10,12,18H,11H2,1-3H3. The number of carbonyl (C=O) groups is 2. The number of nitro benzene ring substituents is 1. The third kappa shape index (κ3) is 3.40. The Balaban J connectivity index is 1.92. The minimum atomic E-state index is -0.641. The van der Waals surface area contributed by atoms with Gasteiger partial charge in [-0.3, -0.25) is 14.9 Å². The van der Waals surface area contributed by atoms with E-state index in [1.807, 2.05) is 26.0 Å². The number of nitrogens with zero attached hydrogens (tertiary/aromatic N) is 2. The molecular formula is C20H20N2O5. The fraction of sp³-hybridized carbons (Fsp3) is 0.300. The molecule has 0 N–H and O–H groups in total. The number of non-ortho nitro benzene ring substituents is 1. The molecule has 0 saturated carbocycles. The van der Waals surface area contributed by atoms with Crippen LogP contribution in [0.1, 0.15) is 29.8 Å². The number of hydrogen-bond acceptors (Lipinski definition) is 5. The maximum atomic E-state index is 12.9. The molecule has 27 heavy (non-hydrogen) atoms. The molecule has 1 heterocycles. The molecule has 7 nitrogen and oxygen atoms in total. The van der Waals surface area contributed by atoms with Gasteiger partial charge in [0.1, 0.15) is 6.04 Å². The third-order valence-electron chi connectivity index (χ3n) is 4.76. The third-order valence-corrected chi connectivity index (χ3v) is 4.76. The number of benzene rings is 2. The van der Waals surface area contributed by atoms with Gasteiger partial charge in [-0.1, -0.05) is 26.0 Å². The Morgan fingerprint density at radius 3 is 2.33 bits per heavy atom. The predicted molar refractivity (Wildman–Crippen MR) is 99.0 cm³/mol. The van der Waals surface area contributed by atoms with Crippen molar-refractivity contribution in [1.29, 1.82) is 0 Å². The van der Waals surface area contributed by atoms with E-state index >= 15 is 0 Å². The largest absolute Gasteiger partial charge is 0.467 e. The number of fused-ring (bicyclic) bond motifs is 1. The van der Waals surface area contributed by atoms with E-state index in [0.29, 0.717) is 12.1 Å². The minimum absolute atomic E-state index is 0.0139. The van der Waals surface area contributed by atoms with E-state index in [-0.39, 0.29) is 17.5 Å². The van der Waals surface area contributed by atoms with Crippen molar-refractivity contribution in [2.45, 2.75) is 26.4 Å². The van der Waals surface area contributed by atoms with E-state index < -0.39 is 16.9 Å². The quantitative estimate of drug-likeness (QED) is 0.458. The molecule has 1 aliphatic heterocycles. The van der Waals surface area contributed by atoms with Crippen LogP contribution in [0.15, 0.2) is 42.5 Å². The summed E-state index contributed by atoms with van der Waals surface area (Å²) in [5.41, 5.74) is 2.97. The molecule has 0 bridgehead atoms. The Hall–Kier alpha value is -3.22. The molecule has 0 aliphatic carbocycles. The molecular weight excluding hydrogens is 348 g/mol. The number of hydrogen-bond donors (Lipinski definition) is 0. The average Bonchev–Trinajstić information content (AvgIpc) is 2.97. The normalized spacial score (nSPS) is 14.2. The lowest BCUT2D eigenvalue weighted by Gasteiger charge is -2.28. The summed E-state index contributed by atoms with van der Waals surface area (Å²) in [6.45, 7) is 4.10. The second-order valence-corrected chi connectivity index (χ2v) is 6.82. The number of amides is 1. The molecule has 3 rings (SSSR count). The summed E-state index contributed by atoms with van der Waals surface area (Å²) in [5, 5.41) is 10.8. The molecule has 0 fully saturated rings. The molecule has 0 radical (unpaired) electrons. The monoisotopic (exact) mass is 368 g/mol. The minimum Gasteiger partial charge on any atom is -0.467 e. The Morgan fingerprint density at radius 2 is 1.78 bits per heavy atom. The van der Waals surface area contributed by atoms with Crippen molar-refractivity contribution in [2.24, 2.45) is 5.92 Å². The van der Waals surface area contributed by atoms with Crippen molar-refractivity contribution in [3.63, 3.8) is 0 Å². The highest BCUT2D eigenvalue weighted by Gasteiger charge is 2.38. The molecule has 1 aliphatic rings. The van der Waals surface area contributed by atoms with Crippen LogP contribution in [0, 0.1) is 16.0 Å². The van der Waals surface area contributed by atoms with Gasteiger partial charge < -0.3 is 9.64 Å². The van der Waals surface area contributed by atoms with Crippen LogP contribution in [0.2, 0.25) is 0 Å². The van der Waals surface area contributed by atoms with Crippen molar-refractivity contribution < 1.29 is 19.2 Å². The number of nitro groups is 1. The van der Waals surface area contributed by atoms with E-state index in [2.05, 4.69) is 0 Å². The van der Waals surface area contributed by atoms with Crippen LogP contribution in [0.5, 0.6) is 0 Å². The van der Waals surface area contributed by atoms with Gasteiger partial charge in [-0.05, 0) is 40.8 Å². The van der Waals surface area contributed by atoms with Gasteiger partial charge in [-0.25, -0.2) is 4.79 Å². The first-order chi connectivity index (χ1) is 12.8. The lowest BCUT2D eigenvalue weighted by atomic mass is 10.0. The Kier molecular flexibility index (Phi) is 4.94. The highest BCUT2D eigenvalue weighted by atomic mass is 16.6. The van der Waals surface area contributed by atoms with E-state index in [1.165, 1.54) is 19.2 Å². The summed E-state index contributed by atoms with van der Waals surface area (Å²) in [6.07, 6.45) is 0. The van der Waals surface area contributed by atoms with Gasteiger partial charge in [-0.2, -0.15) is 0 Å². The molecule has 0 spiro atoms. The van der Waals surface area contributed by atoms with Gasteiger partial charge >= 0.3 is 5.97 Å². The summed E-state index contributed by atoms with van der Waals surface area (Å²) in [7, 11) is 1.32. The van der Waals surface area contributed by atoms with Gasteiger partial charge in [0.25, 0.3) is 11.6 Å². The van der Waals surface area contributed by atoms with Crippen LogP contribution in [0.3, 0.4) is 0 Å². The van der Waals surface area contributed by atoms with Crippen molar-refractivity contribution in [1.82, 2.24) is 4.90 Å². The number of carbonyl (C=O) groups excluding carboxylic acids is 2. The first-order valence-corrected chi connectivity index (χ1v) is 8.60. The zero-order valence-electron chi connectivity index (χ0n) is 15.3. The first kappa shape index (κ1) is 18.6. The first-order valence-electron chi connectivity index (χ1n) is 8.60. The zero-order valence-corrected chi connectivity index (χ0v) is 15.3. The second-order valence-electron chi connectivity index (χ2n) is 6.82. The Morgan fingerprint density at radius 1 is 1.15 bits per heavy atom. The topological polar surface area (TPSA) is 89.8 Å². The summed E-state index contributed by atoms with van der Waals surface area (Å²) < 4.78 is 4.87. The van der Waals surface area contributed by atoms with E-state index in [9.17, 15) is 19.7 Å². The Bertz CT molecular complexity index is 905. The van der Waals surface area contributed by atoms with E-state index in [1.54, 1.807) is 23.1 Å². The molecule has 1 amide bonds. The molecule has 140 valence electrons. The fourth-order valence-corrected chi connectivity index (χ4v) is 3.38. The van der Waals surface area contributed by atoms with Crippen molar-refractivity contribution in [3.8, 4) is 11.1 Å². The maximum Gasteiger partial charge on any atom is 0.328 e. The SMILES string of the molecule is COC(=O)C(C(C)C)N1Cc2ccc(-c3ccc([N+](=O)[O-])cc3)cc2C1=O. The molecule has 7 heteroatoms. The van der Waals surface area contributed by atoms with Gasteiger partial charge in [0.2, 0.25) is 0 Å². The van der Waals surface area contributed by atoms with Gasteiger partial charge in [0.15, 0.2) is 0 Å². The summed E-state index contributed by atoms with van der Waals surface area (Å²) >= 11 is 0. The lowest BCUT2D eigenvalue weighted by molar-refractivity contribution is -0.384. The number of esters is 1. The van der Waals surface area contributed by atoms with Crippen LogP contribution < -0.4 is 0 Å². The number of rotatable bonds is 5. The summed E-state index contributed by atoms with van der Waals surface area (Å²) in [6, 6.07) is 11.0. The van der Waals surface area contributed by atoms with Crippen LogP contribution in [-0.2, 0) is 16.1 Å². The van der Waals surface area contributed by atoms with Crippen LogP contribution in [0.4, 0.5) is 5.69 Å². The molecule has 1 atom stereocenters. The summed E-state index contributed by atoms with van der Waals surface area (Å²) in [5.74, 6) is -0.718.